The molecule has 0 saturated carbocycles. The summed E-state index contributed by atoms with van der Waals surface area (Å²) in [4.78, 5) is 21.0. The molecule has 0 spiro atoms. The van der Waals surface area contributed by atoms with E-state index in [4.69, 9.17) is 0 Å². The topological polar surface area (TPSA) is 83.1 Å². The molecule has 2 heterocycles. The molecule has 0 fully saturated rings. The zero-order chi connectivity index (χ0) is 17.5. The van der Waals surface area contributed by atoms with Gasteiger partial charge >= 0.3 is 0 Å². The largest absolute Gasteiger partial charge is 0.297 e. The number of fused-ring (bicyclic) bond motifs is 1. The van der Waals surface area contributed by atoms with Gasteiger partial charge in [0.15, 0.2) is 0 Å². The maximum Gasteiger partial charge on any atom is 0.256 e. The molecule has 0 bridgehead atoms. The average molecular weight is 347 g/mol. The molecule has 7 heteroatoms. The lowest BCUT2D eigenvalue weighted by molar-refractivity contribution is 0.240. The van der Waals surface area contributed by atoms with Crippen molar-refractivity contribution < 1.29 is 8.42 Å². The highest BCUT2D eigenvalue weighted by Crippen LogP contribution is 2.19. The molecule has 6 nitrogen and oxygen atoms in total. The zero-order valence-corrected chi connectivity index (χ0v) is 14.9. The number of hydrogen-bond acceptors (Lipinski definition) is 5. The molecule has 0 saturated heterocycles. The van der Waals surface area contributed by atoms with Gasteiger partial charge in [-0.15, -0.1) is 0 Å². The first kappa shape index (κ1) is 16.9. The number of H-pyrrole nitrogens is 1. The van der Waals surface area contributed by atoms with E-state index >= 15 is 0 Å². The van der Waals surface area contributed by atoms with Crippen molar-refractivity contribution in [1.82, 2.24) is 14.9 Å². The van der Waals surface area contributed by atoms with E-state index in [-0.39, 0.29) is 10.7 Å². The fraction of sp³-hybridized carbons (Fsp3) is 0.412. The minimum Gasteiger partial charge on any atom is -0.297 e. The van der Waals surface area contributed by atoms with Crippen molar-refractivity contribution in [3.63, 3.8) is 0 Å². The SMILES string of the molecule is Cc1ccc(C)c(CN2CCc3nc(S(C)(=O)=O)[nH]c(=O)c3C2)c1. The minimum atomic E-state index is -3.51. The van der Waals surface area contributed by atoms with Crippen LogP contribution in [0.15, 0.2) is 28.2 Å². The van der Waals surface area contributed by atoms with Crippen LogP contribution in [0.2, 0.25) is 0 Å². The quantitative estimate of drug-likeness (QED) is 0.848. The predicted molar refractivity (Wildman–Crippen MR) is 91.7 cm³/mol. The summed E-state index contributed by atoms with van der Waals surface area (Å²) in [5.41, 5.74) is 4.49. The smallest absolute Gasteiger partial charge is 0.256 e. The summed E-state index contributed by atoms with van der Waals surface area (Å²) in [6.07, 6.45) is 1.62. The lowest BCUT2D eigenvalue weighted by Crippen LogP contribution is -2.36. The lowest BCUT2D eigenvalue weighted by Gasteiger charge is -2.28. The van der Waals surface area contributed by atoms with E-state index in [2.05, 4.69) is 46.9 Å². The Morgan fingerprint density at radius 3 is 2.75 bits per heavy atom. The number of hydrogen-bond donors (Lipinski definition) is 1. The third-order valence-electron chi connectivity index (χ3n) is 4.38. The Bertz CT molecular complexity index is 948. The second kappa shape index (κ2) is 6.14. The molecule has 2 aromatic rings. The molecule has 1 N–H and O–H groups in total. The van der Waals surface area contributed by atoms with Gasteiger partial charge in [0.2, 0.25) is 15.0 Å². The Labute approximate surface area is 141 Å². The molecule has 0 unspecified atom stereocenters. The van der Waals surface area contributed by atoms with Crippen molar-refractivity contribution in [3.05, 3.63) is 56.5 Å². The number of benzene rings is 1. The van der Waals surface area contributed by atoms with Crippen LogP contribution in [0.3, 0.4) is 0 Å². The Morgan fingerprint density at radius 2 is 2.04 bits per heavy atom. The Morgan fingerprint density at radius 1 is 1.29 bits per heavy atom. The highest BCUT2D eigenvalue weighted by Gasteiger charge is 2.23. The number of aromatic nitrogens is 2. The Kier molecular flexibility index (Phi) is 4.31. The van der Waals surface area contributed by atoms with Crippen molar-refractivity contribution >= 4 is 9.84 Å². The summed E-state index contributed by atoms with van der Waals surface area (Å²) in [6.45, 7) is 6.14. The predicted octanol–water partition coefficient (Wildman–Crippen LogP) is 1.35. The van der Waals surface area contributed by atoms with Gasteiger partial charge < -0.3 is 0 Å². The van der Waals surface area contributed by atoms with Crippen LogP contribution in [0, 0.1) is 13.8 Å². The summed E-state index contributed by atoms with van der Waals surface area (Å²) in [5.74, 6) is 0. The van der Waals surface area contributed by atoms with Crippen LogP contribution in [0.1, 0.15) is 27.9 Å². The van der Waals surface area contributed by atoms with Crippen molar-refractivity contribution in [2.45, 2.75) is 38.5 Å². The number of aromatic amines is 1. The molecular formula is C17H21N3O3S. The van der Waals surface area contributed by atoms with Crippen LogP contribution in [0.5, 0.6) is 0 Å². The first-order chi connectivity index (χ1) is 11.2. The highest BCUT2D eigenvalue weighted by atomic mass is 32.2. The molecule has 0 atom stereocenters. The normalized spacial score (nSPS) is 15.3. The van der Waals surface area contributed by atoms with Gasteiger partial charge in [-0.25, -0.2) is 13.4 Å². The van der Waals surface area contributed by atoms with Gasteiger partial charge in [-0.3, -0.25) is 14.7 Å². The standard InChI is InChI=1S/C17H21N3O3S/c1-11-4-5-12(2)13(8-11)9-20-7-6-15-14(10-20)16(21)19-17(18-15)24(3,22)23/h4-5,8H,6-7,9-10H2,1-3H3,(H,18,19,21). The number of sulfone groups is 1. The molecule has 1 aliphatic heterocycles. The molecule has 1 aromatic carbocycles. The second-order valence-corrected chi connectivity index (χ2v) is 8.39. The Balaban J connectivity index is 1.87. The molecule has 3 rings (SSSR count). The van der Waals surface area contributed by atoms with E-state index in [1.54, 1.807) is 0 Å². The van der Waals surface area contributed by atoms with E-state index < -0.39 is 9.84 Å². The van der Waals surface area contributed by atoms with Crippen LogP contribution >= 0.6 is 0 Å². The number of nitrogens with one attached hydrogen (secondary N) is 1. The van der Waals surface area contributed by atoms with Crippen LogP contribution in [0.25, 0.3) is 0 Å². The van der Waals surface area contributed by atoms with E-state index in [9.17, 15) is 13.2 Å². The fourth-order valence-electron chi connectivity index (χ4n) is 2.98. The van der Waals surface area contributed by atoms with Crippen molar-refractivity contribution in [2.75, 3.05) is 12.8 Å². The van der Waals surface area contributed by atoms with Gasteiger partial charge in [0.05, 0.1) is 11.3 Å². The zero-order valence-electron chi connectivity index (χ0n) is 14.1. The maximum atomic E-state index is 12.3. The van der Waals surface area contributed by atoms with Gasteiger partial charge in [-0.05, 0) is 25.0 Å². The fourth-order valence-corrected chi connectivity index (χ4v) is 3.53. The highest BCUT2D eigenvalue weighted by molar-refractivity contribution is 7.90. The summed E-state index contributed by atoms with van der Waals surface area (Å²) < 4.78 is 23.2. The summed E-state index contributed by atoms with van der Waals surface area (Å²) >= 11 is 0. The molecule has 0 amide bonds. The molecule has 1 aliphatic rings. The summed E-state index contributed by atoms with van der Waals surface area (Å²) in [7, 11) is -3.51. The van der Waals surface area contributed by atoms with Crippen LogP contribution < -0.4 is 5.56 Å². The molecule has 24 heavy (non-hydrogen) atoms. The third-order valence-corrected chi connectivity index (χ3v) is 5.27. The number of rotatable bonds is 3. The molecule has 0 radical (unpaired) electrons. The second-order valence-electron chi connectivity index (χ2n) is 6.46. The summed E-state index contributed by atoms with van der Waals surface area (Å²) in [6, 6.07) is 6.36. The molecule has 128 valence electrons. The number of nitrogens with zero attached hydrogens (tertiary/aromatic N) is 2. The van der Waals surface area contributed by atoms with Gasteiger partial charge in [0.1, 0.15) is 0 Å². The van der Waals surface area contributed by atoms with E-state index in [1.165, 1.54) is 16.7 Å². The van der Waals surface area contributed by atoms with E-state index in [1.807, 2.05) is 0 Å². The summed E-state index contributed by atoms with van der Waals surface area (Å²) in [5, 5.41) is -0.241. The average Bonchev–Trinajstić information content (AvgIpc) is 2.50. The van der Waals surface area contributed by atoms with Crippen molar-refractivity contribution in [1.29, 1.82) is 0 Å². The first-order valence-electron chi connectivity index (χ1n) is 7.84. The van der Waals surface area contributed by atoms with E-state index in [0.717, 1.165) is 19.3 Å². The minimum absolute atomic E-state index is 0.241. The maximum absolute atomic E-state index is 12.3. The van der Waals surface area contributed by atoms with Crippen LogP contribution in [-0.4, -0.2) is 36.1 Å². The Hall–Kier alpha value is -1.99. The number of aryl methyl sites for hydroxylation is 2. The van der Waals surface area contributed by atoms with Gasteiger partial charge in [-0.1, -0.05) is 23.8 Å². The molecule has 0 aliphatic carbocycles. The van der Waals surface area contributed by atoms with E-state index in [0.29, 0.717) is 24.2 Å². The van der Waals surface area contributed by atoms with Crippen molar-refractivity contribution in [3.8, 4) is 0 Å². The van der Waals surface area contributed by atoms with Crippen LogP contribution in [0.4, 0.5) is 0 Å². The van der Waals surface area contributed by atoms with Crippen molar-refractivity contribution in [2.24, 2.45) is 0 Å². The molecular weight excluding hydrogens is 326 g/mol. The monoisotopic (exact) mass is 347 g/mol. The van der Waals surface area contributed by atoms with Gasteiger partial charge in [0, 0.05) is 32.3 Å². The third kappa shape index (κ3) is 3.42. The van der Waals surface area contributed by atoms with Crippen LogP contribution in [-0.2, 0) is 29.3 Å². The molecule has 1 aromatic heterocycles. The van der Waals surface area contributed by atoms with Gasteiger partial charge in [0.25, 0.3) is 5.56 Å². The lowest BCUT2D eigenvalue weighted by atomic mass is 10.0. The van der Waals surface area contributed by atoms with Gasteiger partial charge in [-0.2, -0.15) is 0 Å². The first-order valence-corrected chi connectivity index (χ1v) is 9.74.